The Kier molecular flexibility index (Phi) is 7.91. The lowest BCUT2D eigenvalue weighted by Crippen LogP contribution is -2.16. The van der Waals surface area contributed by atoms with Gasteiger partial charge in [0.15, 0.2) is 0 Å². The summed E-state index contributed by atoms with van der Waals surface area (Å²) in [5, 5.41) is 20.7. The molecule has 0 spiro atoms. The summed E-state index contributed by atoms with van der Waals surface area (Å²) in [5.74, 6) is 0. The molecule has 2 aromatic carbocycles. The molecular formula is C34H32F6N2O2. The maximum Gasteiger partial charge on any atom is 0.416 e. The van der Waals surface area contributed by atoms with Crippen LogP contribution < -0.4 is 0 Å². The number of aliphatic hydroxyl groups is 2. The van der Waals surface area contributed by atoms with Crippen molar-refractivity contribution in [1.29, 1.82) is 0 Å². The molecule has 0 aliphatic heterocycles. The van der Waals surface area contributed by atoms with Crippen molar-refractivity contribution in [2.24, 2.45) is 10.8 Å². The Hall–Kier alpha value is -3.76. The van der Waals surface area contributed by atoms with E-state index in [0.29, 0.717) is 24.0 Å². The van der Waals surface area contributed by atoms with E-state index in [2.05, 4.69) is 9.97 Å². The van der Waals surface area contributed by atoms with Gasteiger partial charge in [-0.2, -0.15) is 26.3 Å². The average Bonchev–Trinajstić information content (AvgIpc) is 3.34. The minimum atomic E-state index is -4.34. The first-order chi connectivity index (χ1) is 20.4. The minimum absolute atomic E-state index is 0.300. The molecule has 44 heavy (non-hydrogen) atoms. The number of aliphatic hydroxyl groups excluding tert-OH is 2. The van der Waals surface area contributed by atoms with Crippen LogP contribution in [0.25, 0.3) is 22.3 Å². The van der Waals surface area contributed by atoms with Crippen molar-refractivity contribution in [2.45, 2.75) is 65.1 Å². The number of rotatable bonds is 2. The first kappa shape index (κ1) is 31.7. The van der Waals surface area contributed by atoms with E-state index in [1.807, 2.05) is 27.7 Å². The highest BCUT2D eigenvalue weighted by Gasteiger charge is 2.40. The van der Waals surface area contributed by atoms with Gasteiger partial charge in [0.25, 0.3) is 0 Å². The molecule has 2 heterocycles. The molecule has 0 fully saturated rings. The van der Waals surface area contributed by atoms with Crippen LogP contribution >= 0.6 is 0 Å². The van der Waals surface area contributed by atoms with Crippen LogP contribution in [0.1, 0.15) is 73.3 Å². The fraction of sp³-hybridized carbons (Fsp3) is 0.353. The SMILES string of the molecule is CC1(C)Cc2c(-c3ccc(C(F)(F)F)cc3)cncc2C1O.CC1(C)Cc2c(-c3ccc(C(F)(F)F)cc3)cncc2C1O. The van der Waals surface area contributed by atoms with Crippen molar-refractivity contribution in [1.82, 2.24) is 9.97 Å². The predicted molar refractivity (Wildman–Crippen MR) is 154 cm³/mol. The van der Waals surface area contributed by atoms with E-state index in [9.17, 15) is 36.6 Å². The van der Waals surface area contributed by atoms with Gasteiger partial charge in [-0.15, -0.1) is 0 Å². The summed E-state index contributed by atoms with van der Waals surface area (Å²) < 4.78 is 75.9. The van der Waals surface area contributed by atoms with Crippen LogP contribution in [0.15, 0.2) is 73.3 Å². The van der Waals surface area contributed by atoms with Crippen molar-refractivity contribution in [3.63, 3.8) is 0 Å². The lowest BCUT2D eigenvalue weighted by molar-refractivity contribution is -0.138. The number of hydrogen-bond donors (Lipinski definition) is 2. The van der Waals surface area contributed by atoms with Crippen molar-refractivity contribution >= 4 is 0 Å². The third-order valence-corrected chi connectivity index (χ3v) is 8.56. The minimum Gasteiger partial charge on any atom is -0.388 e. The predicted octanol–water partition coefficient (Wildman–Crippen LogP) is 8.77. The summed E-state index contributed by atoms with van der Waals surface area (Å²) in [7, 11) is 0. The number of halogens is 6. The van der Waals surface area contributed by atoms with Crippen molar-refractivity contribution in [3.8, 4) is 22.3 Å². The summed E-state index contributed by atoms with van der Waals surface area (Å²) >= 11 is 0. The molecule has 232 valence electrons. The molecule has 0 saturated carbocycles. The van der Waals surface area contributed by atoms with Crippen molar-refractivity contribution < 1.29 is 36.6 Å². The molecule has 2 atom stereocenters. The Balaban J connectivity index is 0.000000175. The smallest absolute Gasteiger partial charge is 0.388 e. The summed E-state index contributed by atoms with van der Waals surface area (Å²) in [4.78, 5) is 8.28. The number of aromatic nitrogens is 2. The first-order valence-electron chi connectivity index (χ1n) is 14.0. The number of nitrogens with zero attached hydrogens (tertiary/aromatic N) is 2. The van der Waals surface area contributed by atoms with Crippen LogP contribution in [0, 0.1) is 10.8 Å². The molecule has 2 aliphatic rings. The Morgan fingerprint density at radius 2 is 0.886 bits per heavy atom. The van der Waals surface area contributed by atoms with E-state index >= 15 is 0 Å². The standard InChI is InChI=1S/2C17H16F3NO/c2*1-16(2)7-12-13(8-21-9-14(12)15(16)22)10-3-5-11(6-4-10)17(18,19)20/h2*3-6,8-9,15,22H,7H2,1-2H3. The summed E-state index contributed by atoms with van der Waals surface area (Å²) in [6, 6.07) is 10.1. The third kappa shape index (κ3) is 5.97. The maximum absolute atomic E-state index is 12.6. The number of fused-ring (bicyclic) bond motifs is 2. The Morgan fingerprint density at radius 3 is 1.18 bits per heavy atom. The van der Waals surface area contributed by atoms with Gasteiger partial charge in [-0.1, -0.05) is 52.0 Å². The molecule has 0 saturated heterocycles. The van der Waals surface area contributed by atoms with Crippen molar-refractivity contribution in [2.75, 3.05) is 0 Å². The molecule has 4 nitrogen and oxygen atoms in total. The molecule has 2 aromatic heterocycles. The van der Waals surface area contributed by atoms with Gasteiger partial charge < -0.3 is 10.2 Å². The number of benzene rings is 2. The largest absolute Gasteiger partial charge is 0.416 e. The lowest BCUT2D eigenvalue weighted by Gasteiger charge is -2.21. The molecule has 10 heteroatoms. The van der Waals surface area contributed by atoms with Gasteiger partial charge >= 0.3 is 12.4 Å². The highest BCUT2D eigenvalue weighted by atomic mass is 19.4. The Morgan fingerprint density at radius 1 is 0.568 bits per heavy atom. The van der Waals surface area contributed by atoms with E-state index in [-0.39, 0.29) is 10.8 Å². The van der Waals surface area contributed by atoms with Gasteiger partial charge in [0.05, 0.1) is 23.3 Å². The third-order valence-electron chi connectivity index (χ3n) is 8.56. The zero-order valence-corrected chi connectivity index (χ0v) is 24.6. The van der Waals surface area contributed by atoms with E-state index in [0.717, 1.165) is 57.6 Å². The quantitative estimate of drug-likeness (QED) is 0.222. The van der Waals surface area contributed by atoms with Gasteiger partial charge in [-0.25, -0.2) is 0 Å². The second kappa shape index (κ2) is 11.0. The van der Waals surface area contributed by atoms with Crippen molar-refractivity contribution in [3.05, 3.63) is 107 Å². The average molecular weight is 615 g/mol. The zero-order valence-electron chi connectivity index (χ0n) is 24.6. The van der Waals surface area contributed by atoms with Crippen LogP contribution in [0.4, 0.5) is 26.3 Å². The molecule has 2 N–H and O–H groups in total. The van der Waals surface area contributed by atoms with Gasteiger partial charge in [0.2, 0.25) is 0 Å². The second-order valence-corrected chi connectivity index (χ2v) is 12.8. The van der Waals surface area contributed by atoms with Crippen LogP contribution in [0.3, 0.4) is 0 Å². The zero-order chi connectivity index (χ0) is 32.2. The highest BCUT2D eigenvalue weighted by Crippen LogP contribution is 2.49. The molecule has 2 aliphatic carbocycles. The van der Waals surface area contributed by atoms with Gasteiger partial charge in [-0.05, 0) is 70.2 Å². The maximum atomic E-state index is 12.6. The van der Waals surface area contributed by atoms with Crippen LogP contribution in [-0.4, -0.2) is 20.2 Å². The van der Waals surface area contributed by atoms with Gasteiger partial charge in [0, 0.05) is 47.0 Å². The van der Waals surface area contributed by atoms with E-state index in [4.69, 9.17) is 0 Å². The molecule has 0 amide bonds. The van der Waals surface area contributed by atoms with E-state index < -0.39 is 35.7 Å². The summed E-state index contributed by atoms with van der Waals surface area (Å²) in [6.45, 7) is 7.87. The summed E-state index contributed by atoms with van der Waals surface area (Å²) in [6.07, 6.45) is -1.98. The fourth-order valence-corrected chi connectivity index (χ4v) is 5.99. The lowest BCUT2D eigenvalue weighted by atomic mass is 9.87. The van der Waals surface area contributed by atoms with Gasteiger partial charge in [0.1, 0.15) is 0 Å². The topological polar surface area (TPSA) is 66.2 Å². The monoisotopic (exact) mass is 614 g/mol. The number of hydrogen-bond acceptors (Lipinski definition) is 4. The molecular weight excluding hydrogens is 582 g/mol. The van der Waals surface area contributed by atoms with Gasteiger partial charge in [-0.3, -0.25) is 9.97 Å². The number of alkyl halides is 6. The normalized spacial score (nSPS) is 20.0. The fourth-order valence-electron chi connectivity index (χ4n) is 5.99. The molecule has 0 radical (unpaired) electrons. The van der Waals surface area contributed by atoms with Crippen LogP contribution in [0.2, 0.25) is 0 Å². The van der Waals surface area contributed by atoms with Crippen LogP contribution in [0.5, 0.6) is 0 Å². The molecule has 2 unspecified atom stereocenters. The summed E-state index contributed by atoms with van der Waals surface area (Å²) in [5.41, 5.74) is 4.47. The van der Waals surface area contributed by atoms with E-state index in [1.165, 1.54) is 24.3 Å². The Bertz CT molecular complexity index is 1530. The Labute approximate surface area is 251 Å². The van der Waals surface area contributed by atoms with E-state index in [1.54, 1.807) is 24.8 Å². The molecule has 6 rings (SSSR count). The molecule has 4 aromatic rings. The van der Waals surface area contributed by atoms with Crippen LogP contribution in [-0.2, 0) is 25.2 Å². The molecule has 0 bridgehead atoms. The highest BCUT2D eigenvalue weighted by molar-refractivity contribution is 5.70. The number of pyridine rings is 2. The first-order valence-corrected chi connectivity index (χ1v) is 14.0. The second-order valence-electron chi connectivity index (χ2n) is 12.8.